The van der Waals surface area contributed by atoms with E-state index >= 15 is 0 Å². The van der Waals surface area contributed by atoms with E-state index in [9.17, 15) is 14.4 Å². The Balaban J connectivity index is 1.73. The van der Waals surface area contributed by atoms with Crippen LogP contribution in [-0.2, 0) is 16.1 Å². The molecule has 5 heteroatoms. The van der Waals surface area contributed by atoms with Gasteiger partial charge in [-0.2, -0.15) is 0 Å². The Morgan fingerprint density at radius 1 is 1.00 bits per heavy atom. The fraction of sp³-hybridized carbons (Fsp3) is 0.250. The zero-order valence-electron chi connectivity index (χ0n) is 13.9. The van der Waals surface area contributed by atoms with Crippen molar-refractivity contribution in [3.05, 3.63) is 65.2 Å². The molecule has 0 aromatic heterocycles. The van der Waals surface area contributed by atoms with Crippen molar-refractivity contribution in [1.82, 2.24) is 0 Å². The van der Waals surface area contributed by atoms with Crippen LogP contribution < -0.4 is 4.74 Å². The van der Waals surface area contributed by atoms with Gasteiger partial charge < -0.3 is 9.47 Å². The fourth-order valence-corrected chi connectivity index (χ4v) is 2.68. The Kier molecular flexibility index (Phi) is 4.93. The predicted molar refractivity (Wildman–Crippen MR) is 90.7 cm³/mol. The predicted octanol–water partition coefficient (Wildman–Crippen LogP) is 3.36. The molecule has 0 bridgehead atoms. The first-order valence-electron chi connectivity index (χ1n) is 8.19. The first-order chi connectivity index (χ1) is 12.1. The van der Waals surface area contributed by atoms with Gasteiger partial charge >= 0.3 is 5.97 Å². The zero-order chi connectivity index (χ0) is 17.8. The van der Waals surface area contributed by atoms with Crippen molar-refractivity contribution in [3.8, 4) is 5.75 Å². The normalized spacial score (nSPS) is 15.8. The average molecular weight is 338 g/mol. The van der Waals surface area contributed by atoms with Crippen molar-refractivity contribution < 1.29 is 23.9 Å². The van der Waals surface area contributed by atoms with Gasteiger partial charge in [-0.15, -0.1) is 0 Å². The lowest BCUT2D eigenvalue weighted by molar-refractivity contribution is -0.145. The summed E-state index contributed by atoms with van der Waals surface area (Å²) in [6, 6.07) is 14.3. The van der Waals surface area contributed by atoms with Crippen molar-refractivity contribution in [2.24, 2.45) is 0 Å². The highest BCUT2D eigenvalue weighted by molar-refractivity contribution is 6.29. The average Bonchev–Trinajstić information content (AvgIpc) is 2.86. The van der Waals surface area contributed by atoms with Crippen LogP contribution in [0.4, 0.5) is 0 Å². The van der Waals surface area contributed by atoms with E-state index in [-0.39, 0.29) is 17.5 Å². The summed E-state index contributed by atoms with van der Waals surface area (Å²) in [5, 5.41) is 0. The van der Waals surface area contributed by atoms with Crippen LogP contribution in [0.3, 0.4) is 0 Å². The van der Waals surface area contributed by atoms with Crippen molar-refractivity contribution in [1.29, 1.82) is 0 Å². The van der Waals surface area contributed by atoms with E-state index in [4.69, 9.17) is 9.47 Å². The van der Waals surface area contributed by atoms with Gasteiger partial charge in [0.05, 0.1) is 0 Å². The van der Waals surface area contributed by atoms with Gasteiger partial charge in [0.2, 0.25) is 17.7 Å². The second-order valence-electron chi connectivity index (χ2n) is 5.83. The maximum absolute atomic E-state index is 12.4. The number of benzene rings is 2. The van der Waals surface area contributed by atoms with Crippen LogP contribution in [0.1, 0.15) is 46.0 Å². The molecule has 0 N–H and O–H groups in total. The summed E-state index contributed by atoms with van der Waals surface area (Å²) in [5.74, 6) is -1.01. The summed E-state index contributed by atoms with van der Waals surface area (Å²) in [6.07, 6.45) is -0.588. The van der Waals surface area contributed by atoms with Gasteiger partial charge in [0.15, 0.2) is 0 Å². The van der Waals surface area contributed by atoms with E-state index in [2.05, 4.69) is 0 Å². The first-order valence-corrected chi connectivity index (χ1v) is 8.19. The maximum atomic E-state index is 12.4. The second kappa shape index (κ2) is 7.30. The van der Waals surface area contributed by atoms with Crippen LogP contribution in [0.25, 0.3) is 0 Å². The molecule has 0 saturated carbocycles. The molecule has 1 aliphatic carbocycles. The standard InChI is InChI=1S/C20H18O5/c1-2-6-17(21)25-20-18(22)15-10-9-14(11-16(15)19(20)23)24-12-13-7-4-3-5-8-13/h3-5,7-11,20H,2,6,12H2,1H3. The van der Waals surface area contributed by atoms with Crippen LogP contribution in [0.15, 0.2) is 48.5 Å². The maximum Gasteiger partial charge on any atom is 0.306 e. The van der Waals surface area contributed by atoms with E-state index in [1.165, 1.54) is 6.07 Å². The highest BCUT2D eigenvalue weighted by Crippen LogP contribution is 2.28. The summed E-state index contributed by atoms with van der Waals surface area (Å²) >= 11 is 0. The Bertz CT molecular complexity index is 810. The van der Waals surface area contributed by atoms with Crippen molar-refractivity contribution >= 4 is 17.5 Å². The molecular formula is C20H18O5. The summed E-state index contributed by atoms with van der Waals surface area (Å²) in [7, 11) is 0. The Morgan fingerprint density at radius 3 is 2.44 bits per heavy atom. The molecule has 0 amide bonds. The van der Waals surface area contributed by atoms with E-state index < -0.39 is 23.6 Å². The third-order valence-electron chi connectivity index (χ3n) is 3.95. The highest BCUT2D eigenvalue weighted by Gasteiger charge is 2.41. The highest BCUT2D eigenvalue weighted by atomic mass is 16.6. The Hall–Kier alpha value is -2.95. The number of rotatable bonds is 6. The quantitative estimate of drug-likeness (QED) is 0.597. The monoisotopic (exact) mass is 338 g/mol. The zero-order valence-corrected chi connectivity index (χ0v) is 13.9. The lowest BCUT2D eigenvalue weighted by atomic mass is 10.1. The van der Waals surface area contributed by atoms with Gasteiger partial charge in [-0.3, -0.25) is 14.4 Å². The number of carbonyl (C=O) groups is 3. The van der Waals surface area contributed by atoms with Gasteiger partial charge in [0.1, 0.15) is 12.4 Å². The minimum Gasteiger partial charge on any atom is -0.489 e. The molecular weight excluding hydrogens is 320 g/mol. The van der Waals surface area contributed by atoms with Crippen LogP contribution in [0, 0.1) is 0 Å². The van der Waals surface area contributed by atoms with Crippen LogP contribution >= 0.6 is 0 Å². The molecule has 2 aromatic carbocycles. The van der Waals surface area contributed by atoms with Crippen LogP contribution in [-0.4, -0.2) is 23.6 Å². The molecule has 0 fully saturated rings. The number of ether oxygens (including phenoxy) is 2. The second-order valence-corrected chi connectivity index (χ2v) is 5.83. The van der Waals surface area contributed by atoms with Gasteiger partial charge in [-0.1, -0.05) is 37.3 Å². The largest absolute Gasteiger partial charge is 0.489 e. The number of hydrogen-bond donors (Lipinski definition) is 0. The number of fused-ring (bicyclic) bond motifs is 1. The van der Waals surface area contributed by atoms with E-state index in [0.29, 0.717) is 18.8 Å². The van der Waals surface area contributed by atoms with Crippen molar-refractivity contribution in [2.75, 3.05) is 0 Å². The van der Waals surface area contributed by atoms with E-state index in [0.717, 1.165) is 5.56 Å². The number of ketones is 2. The molecule has 3 rings (SSSR count). The minimum atomic E-state index is -1.36. The van der Waals surface area contributed by atoms with Crippen LogP contribution in [0.5, 0.6) is 5.75 Å². The van der Waals surface area contributed by atoms with E-state index in [1.807, 2.05) is 37.3 Å². The smallest absolute Gasteiger partial charge is 0.306 e. The topological polar surface area (TPSA) is 69.7 Å². The van der Waals surface area contributed by atoms with Gasteiger partial charge in [-0.25, -0.2) is 0 Å². The molecule has 0 spiro atoms. The number of esters is 1. The van der Waals surface area contributed by atoms with Gasteiger partial charge in [0, 0.05) is 17.5 Å². The van der Waals surface area contributed by atoms with Crippen molar-refractivity contribution in [3.63, 3.8) is 0 Å². The summed E-state index contributed by atoms with van der Waals surface area (Å²) in [4.78, 5) is 36.3. The lowest BCUT2D eigenvalue weighted by Crippen LogP contribution is -2.28. The Labute approximate surface area is 145 Å². The van der Waals surface area contributed by atoms with Gasteiger partial charge in [0.25, 0.3) is 0 Å². The molecule has 2 aromatic rings. The lowest BCUT2D eigenvalue weighted by Gasteiger charge is -2.08. The number of hydrogen-bond acceptors (Lipinski definition) is 5. The number of carbonyl (C=O) groups excluding carboxylic acids is 3. The molecule has 25 heavy (non-hydrogen) atoms. The SMILES string of the molecule is CCCC(=O)OC1C(=O)c2ccc(OCc3ccccc3)cc2C1=O. The van der Waals surface area contributed by atoms with Crippen molar-refractivity contribution in [2.45, 2.75) is 32.5 Å². The third-order valence-corrected chi connectivity index (χ3v) is 3.95. The summed E-state index contributed by atoms with van der Waals surface area (Å²) < 4.78 is 10.7. The molecule has 128 valence electrons. The first kappa shape index (κ1) is 16.9. The molecule has 0 heterocycles. The number of Topliss-reactive ketones (excluding diaryl/α,β-unsaturated/α-hetero) is 2. The molecule has 1 aliphatic rings. The molecule has 0 aliphatic heterocycles. The summed E-state index contributed by atoms with van der Waals surface area (Å²) in [6.45, 7) is 2.18. The molecule has 0 saturated heterocycles. The Morgan fingerprint density at radius 2 is 1.72 bits per heavy atom. The van der Waals surface area contributed by atoms with Gasteiger partial charge in [-0.05, 0) is 30.2 Å². The molecule has 1 atom stereocenters. The van der Waals surface area contributed by atoms with Crippen LogP contribution in [0.2, 0.25) is 0 Å². The molecule has 5 nitrogen and oxygen atoms in total. The fourth-order valence-electron chi connectivity index (χ4n) is 2.68. The molecule has 1 unspecified atom stereocenters. The summed E-state index contributed by atoms with van der Waals surface area (Å²) in [5.41, 5.74) is 1.51. The third kappa shape index (κ3) is 3.60. The minimum absolute atomic E-state index is 0.179. The van der Waals surface area contributed by atoms with E-state index in [1.54, 1.807) is 12.1 Å². The molecule has 0 radical (unpaired) electrons.